The third-order valence-electron chi connectivity index (χ3n) is 5.76. The summed E-state index contributed by atoms with van der Waals surface area (Å²) in [6, 6.07) is 17.4. The van der Waals surface area contributed by atoms with Crippen LogP contribution in [0, 0.1) is 15.9 Å². The molecule has 9 heteroatoms. The lowest BCUT2D eigenvalue weighted by atomic mass is 9.92. The molecule has 3 aromatic carbocycles. The van der Waals surface area contributed by atoms with Crippen LogP contribution in [0.25, 0.3) is 10.9 Å². The van der Waals surface area contributed by atoms with Crippen LogP contribution < -0.4 is 4.74 Å². The fourth-order valence-electron chi connectivity index (χ4n) is 4.24. The zero-order chi connectivity index (χ0) is 23.1. The number of halogens is 2. The third kappa shape index (κ3) is 4.03. The Morgan fingerprint density at radius 2 is 1.88 bits per heavy atom. The molecule has 0 spiro atoms. The number of aromatic nitrogens is 1. The maximum atomic E-state index is 13.3. The zero-order valence-electron chi connectivity index (χ0n) is 17.1. The van der Waals surface area contributed by atoms with Crippen molar-refractivity contribution in [2.75, 3.05) is 6.54 Å². The number of nitro benzene ring substituents is 1. The molecule has 1 N–H and O–H groups in total. The average Bonchev–Trinajstić information content (AvgIpc) is 3.17. The number of nitro groups is 1. The van der Waals surface area contributed by atoms with Gasteiger partial charge < -0.3 is 14.6 Å². The van der Waals surface area contributed by atoms with Gasteiger partial charge in [-0.05, 0) is 84.4 Å². The average molecular weight is 482 g/mol. The predicted octanol–water partition coefficient (Wildman–Crippen LogP) is 6.18. The maximum absolute atomic E-state index is 13.3. The van der Waals surface area contributed by atoms with Gasteiger partial charge in [-0.15, -0.1) is 0 Å². The van der Waals surface area contributed by atoms with E-state index in [1.54, 1.807) is 12.1 Å². The molecule has 6 nitrogen and oxygen atoms in total. The Morgan fingerprint density at radius 3 is 2.58 bits per heavy atom. The van der Waals surface area contributed by atoms with Gasteiger partial charge in [-0.1, -0.05) is 11.6 Å². The lowest BCUT2D eigenvalue weighted by Gasteiger charge is -2.37. The molecule has 0 saturated carbocycles. The Labute approximate surface area is 198 Å². The standard InChI is InChI=1S/C24H17ClFN3O3S/c25-15-3-10-21-20(13-15)19-11-12-28(24(33)32-18-8-4-16(26)5-9-18)23(22(19)27-21)14-1-6-17(7-2-14)29(30)31/h1-10,13,23,27H,11-12H2. The minimum absolute atomic E-state index is 0.00917. The zero-order valence-corrected chi connectivity index (χ0v) is 18.7. The van der Waals surface area contributed by atoms with Crippen molar-refractivity contribution in [2.45, 2.75) is 12.5 Å². The van der Waals surface area contributed by atoms with E-state index in [2.05, 4.69) is 4.98 Å². The number of ether oxygens (including phenoxy) is 1. The minimum atomic E-state index is -0.429. The monoisotopic (exact) mass is 481 g/mol. The van der Waals surface area contributed by atoms with Crippen LogP contribution in [0.3, 0.4) is 0 Å². The van der Waals surface area contributed by atoms with Crippen molar-refractivity contribution in [2.24, 2.45) is 0 Å². The SMILES string of the molecule is O=[N+]([O-])c1ccc(C2c3[nH]c4ccc(Cl)cc4c3CCN2C(=S)Oc2ccc(F)cc2)cc1. The van der Waals surface area contributed by atoms with Crippen LogP contribution in [-0.2, 0) is 6.42 Å². The van der Waals surface area contributed by atoms with E-state index < -0.39 is 4.92 Å². The molecule has 5 rings (SSSR count). The Bertz CT molecular complexity index is 1370. The van der Waals surface area contributed by atoms with Gasteiger partial charge in [0.1, 0.15) is 11.6 Å². The van der Waals surface area contributed by atoms with Crippen LogP contribution in [0.2, 0.25) is 5.02 Å². The normalized spacial score (nSPS) is 15.3. The molecule has 0 aliphatic carbocycles. The number of hydrogen-bond donors (Lipinski definition) is 1. The molecule has 33 heavy (non-hydrogen) atoms. The summed E-state index contributed by atoms with van der Waals surface area (Å²) in [5.74, 6) is 0.0643. The molecule has 0 saturated heterocycles. The molecule has 1 aliphatic rings. The van der Waals surface area contributed by atoms with Crippen LogP contribution in [0.15, 0.2) is 66.7 Å². The second kappa shape index (κ2) is 8.46. The minimum Gasteiger partial charge on any atom is -0.432 e. The first-order valence-corrected chi connectivity index (χ1v) is 11.0. The van der Waals surface area contributed by atoms with Crippen LogP contribution >= 0.6 is 23.8 Å². The number of aromatic amines is 1. The topological polar surface area (TPSA) is 71.4 Å². The smallest absolute Gasteiger partial charge is 0.269 e. The van der Waals surface area contributed by atoms with Crippen molar-refractivity contribution in [3.05, 3.63) is 105 Å². The quantitative estimate of drug-likeness (QED) is 0.215. The molecule has 1 unspecified atom stereocenters. The maximum Gasteiger partial charge on any atom is 0.269 e. The Balaban J connectivity index is 1.58. The number of fused-ring (bicyclic) bond motifs is 3. The Morgan fingerprint density at radius 1 is 1.15 bits per heavy atom. The molecule has 1 aliphatic heterocycles. The van der Waals surface area contributed by atoms with Crippen molar-refractivity contribution in [3.8, 4) is 5.75 Å². The first-order chi connectivity index (χ1) is 15.9. The van der Waals surface area contributed by atoms with Gasteiger partial charge in [0.2, 0.25) is 0 Å². The predicted molar refractivity (Wildman–Crippen MR) is 128 cm³/mol. The number of hydrogen-bond acceptors (Lipinski definition) is 4. The summed E-state index contributed by atoms with van der Waals surface area (Å²) in [6.07, 6.45) is 0.700. The number of H-pyrrole nitrogens is 1. The largest absolute Gasteiger partial charge is 0.432 e. The molecule has 0 amide bonds. The molecule has 2 heterocycles. The summed E-state index contributed by atoms with van der Waals surface area (Å²) in [5.41, 5.74) is 3.83. The lowest BCUT2D eigenvalue weighted by Crippen LogP contribution is -2.42. The van der Waals surface area contributed by atoms with Gasteiger partial charge in [-0.25, -0.2) is 4.39 Å². The van der Waals surface area contributed by atoms with E-state index in [9.17, 15) is 14.5 Å². The molecule has 4 aromatic rings. The summed E-state index contributed by atoms with van der Waals surface area (Å²) in [6.45, 7) is 0.564. The van der Waals surface area contributed by atoms with Crippen molar-refractivity contribution in [1.82, 2.24) is 9.88 Å². The molecule has 0 fully saturated rings. The van der Waals surface area contributed by atoms with Crippen LogP contribution in [0.1, 0.15) is 22.9 Å². The number of thiocarbonyl (C=S) groups is 1. The van der Waals surface area contributed by atoms with Gasteiger partial charge >= 0.3 is 0 Å². The van der Waals surface area contributed by atoms with E-state index in [0.717, 1.165) is 27.7 Å². The molecule has 166 valence electrons. The number of nitrogens with zero attached hydrogens (tertiary/aromatic N) is 2. The van der Waals surface area contributed by atoms with E-state index in [1.807, 2.05) is 23.1 Å². The first-order valence-electron chi connectivity index (χ1n) is 10.2. The van der Waals surface area contributed by atoms with Crippen molar-refractivity contribution in [1.29, 1.82) is 0 Å². The molecule has 1 aromatic heterocycles. The van der Waals surface area contributed by atoms with Gasteiger partial charge in [0, 0.05) is 40.3 Å². The van der Waals surface area contributed by atoms with Gasteiger partial charge in [-0.3, -0.25) is 10.1 Å². The number of non-ortho nitro benzene ring substituents is 1. The van der Waals surface area contributed by atoms with Crippen LogP contribution in [0.5, 0.6) is 5.75 Å². The van der Waals surface area contributed by atoms with Gasteiger partial charge in [0.05, 0.1) is 11.0 Å². The summed E-state index contributed by atoms with van der Waals surface area (Å²) in [7, 11) is 0. The molecule has 1 atom stereocenters. The summed E-state index contributed by atoms with van der Waals surface area (Å²) in [4.78, 5) is 16.1. The Hall–Kier alpha value is -3.49. The van der Waals surface area contributed by atoms with Crippen LogP contribution in [-0.4, -0.2) is 26.5 Å². The fraction of sp³-hybridized carbons (Fsp3) is 0.125. The lowest BCUT2D eigenvalue weighted by molar-refractivity contribution is -0.384. The van der Waals surface area contributed by atoms with Crippen molar-refractivity contribution < 1.29 is 14.1 Å². The van der Waals surface area contributed by atoms with E-state index in [1.165, 1.54) is 36.4 Å². The number of benzene rings is 3. The summed E-state index contributed by atoms with van der Waals surface area (Å²) in [5, 5.41) is 13.1. The molecular formula is C24H17ClFN3O3S. The van der Waals surface area contributed by atoms with Gasteiger partial charge in [-0.2, -0.15) is 0 Å². The molecule has 0 radical (unpaired) electrons. The van der Waals surface area contributed by atoms with Gasteiger partial charge in [0.15, 0.2) is 0 Å². The third-order valence-corrected chi connectivity index (χ3v) is 6.31. The highest BCUT2D eigenvalue weighted by molar-refractivity contribution is 7.80. The number of rotatable bonds is 3. The number of nitrogens with one attached hydrogen (secondary N) is 1. The Kier molecular flexibility index (Phi) is 5.47. The van der Waals surface area contributed by atoms with E-state index in [4.69, 9.17) is 28.6 Å². The van der Waals surface area contributed by atoms with E-state index in [-0.39, 0.29) is 22.7 Å². The first kappa shape index (κ1) is 21.4. The molecule has 0 bridgehead atoms. The van der Waals surface area contributed by atoms with Gasteiger partial charge in [0.25, 0.3) is 10.9 Å². The van der Waals surface area contributed by atoms with Crippen molar-refractivity contribution in [3.63, 3.8) is 0 Å². The van der Waals surface area contributed by atoms with Crippen molar-refractivity contribution >= 4 is 45.6 Å². The molecular weight excluding hydrogens is 465 g/mol. The second-order valence-corrected chi connectivity index (χ2v) is 8.51. The van der Waals surface area contributed by atoms with E-state index >= 15 is 0 Å². The van der Waals surface area contributed by atoms with E-state index in [0.29, 0.717) is 23.7 Å². The highest BCUT2D eigenvalue weighted by Crippen LogP contribution is 2.40. The second-order valence-electron chi connectivity index (χ2n) is 7.72. The van der Waals surface area contributed by atoms with Crippen LogP contribution in [0.4, 0.5) is 10.1 Å². The fourth-order valence-corrected chi connectivity index (χ4v) is 4.71. The summed E-state index contributed by atoms with van der Waals surface area (Å²) >= 11 is 11.9. The summed E-state index contributed by atoms with van der Waals surface area (Å²) < 4.78 is 19.2. The highest BCUT2D eigenvalue weighted by Gasteiger charge is 2.34. The highest BCUT2D eigenvalue weighted by atomic mass is 35.5.